The molecule has 0 aromatic heterocycles. The van der Waals surface area contributed by atoms with Gasteiger partial charge in [-0.15, -0.1) is 0 Å². The van der Waals surface area contributed by atoms with Crippen LogP contribution in [-0.4, -0.2) is 69.4 Å². The van der Waals surface area contributed by atoms with Gasteiger partial charge < -0.3 is 28.5 Å². The van der Waals surface area contributed by atoms with Crippen LogP contribution in [0.15, 0.2) is 85.1 Å². The summed E-state index contributed by atoms with van der Waals surface area (Å²) in [5.41, 5.74) is 0. The Labute approximate surface area is 482 Å². The van der Waals surface area contributed by atoms with E-state index in [1.807, 2.05) is 39.4 Å². The van der Waals surface area contributed by atoms with Gasteiger partial charge in [-0.25, -0.2) is 0 Å². The first-order valence-electron chi connectivity index (χ1n) is 32.4. The number of rotatable bonds is 58. The number of carbonyl (C=O) groups excluding carboxylic acids is 2. The third kappa shape index (κ3) is 57.9. The van der Waals surface area contributed by atoms with Crippen molar-refractivity contribution in [3.8, 4) is 0 Å². The molecule has 0 aliphatic carbocycles. The molecule has 0 aromatic carbocycles. The normalized spacial score (nSPS) is 14.2. The molecule has 0 fully saturated rings. The minimum absolute atomic E-state index is 0.0344. The summed E-state index contributed by atoms with van der Waals surface area (Å²) in [6.07, 6.45) is 75.8. The van der Waals surface area contributed by atoms with Crippen LogP contribution in [-0.2, 0) is 27.9 Å². The van der Waals surface area contributed by atoms with Gasteiger partial charge in [0.15, 0.2) is 0 Å². The molecule has 0 heterocycles. The predicted molar refractivity (Wildman–Crippen MR) is 335 cm³/mol. The molecule has 0 aromatic rings. The van der Waals surface area contributed by atoms with E-state index >= 15 is 0 Å². The fourth-order valence-corrected chi connectivity index (χ4v) is 9.75. The number of hydrogen-bond acceptors (Lipinski definition) is 7. The van der Waals surface area contributed by atoms with E-state index in [4.69, 9.17) is 13.8 Å². The highest BCUT2D eigenvalue weighted by molar-refractivity contribution is 7.45. The van der Waals surface area contributed by atoms with Gasteiger partial charge >= 0.3 is 5.97 Å². The van der Waals surface area contributed by atoms with Crippen LogP contribution in [0.5, 0.6) is 0 Å². The molecule has 452 valence electrons. The average Bonchev–Trinajstić information content (AvgIpc) is 3.40. The lowest BCUT2D eigenvalue weighted by Gasteiger charge is -2.30. The topological polar surface area (TPSA) is 114 Å². The summed E-state index contributed by atoms with van der Waals surface area (Å²) < 4.78 is 30.3. The largest absolute Gasteiger partial charge is 0.756 e. The lowest BCUT2D eigenvalue weighted by Crippen LogP contribution is -2.47. The molecule has 0 saturated heterocycles. The molecule has 0 aliphatic heterocycles. The van der Waals surface area contributed by atoms with Crippen LogP contribution in [0.4, 0.5) is 0 Å². The maximum absolute atomic E-state index is 13.5. The number of allylic oxidation sites excluding steroid dienone is 13. The van der Waals surface area contributed by atoms with Crippen LogP contribution >= 0.6 is 7.82 Å². The second-order valence-electron chi connectivity index (χ2n) is 22.9. The van der Waals surface area contributed by atoms with Crippen molar-refractivity contribution in [1.29, 1.82) is 0 Å². The molecule has 9 nitrogen and oxygen atoms in total. The van der Waals surface area contributed by atoms with E-state index in [1.54, 1.807) is 0 Å². The van der Waals surface area contributed by atoms with Gasteiger partial charge in [0.1, 0.15) is 19.3 Å². The summed E-state index contributed by atoms with van der Waals surface area (Å²) in [7, 11) is 1.15. The number of hydrogen-bond donors (Lipinski definition) is 1. The van der Waals surface area contributed by atoms with Crippen LogP contribution < -0.4 is 10.2 Å². The predicted octanol–water partition coefficient (Wildman–Crippen LogP) is 19.5. The quantitative estimate of drug-likeness (QED) is 0.0212. The fraction of sp³-hybridized carbons (Fsp3) is 0.765. The number of quaternary nitrogens is 1. The lowest BCUT2D eigenvalue weighted by molar-refractivity contribution is -0.870. The number of amides is 1. The zero-order valence-corrected chi connectivity index (χ0v) is 52.5. The maximum Gasteiger partial charge on any atom is 0.306 e. The second kappa shape index (κ2) is 57.4. The molecular weight excluding hydrogens is 988 g/mol. The van der Waals surface area contributed by atoms with Crippen LogP contribution in [0.25, 0.3) is 0 Å². The average molecular weight is 1110 g/mol. The van der Waals surface area contributed by atoms with Crippen molar-refractivity contribution < 1.29 is 37.3 Å². The number of ether oxygens (including phenoxy) is 1. The second-order valence-corrected chi connectivity index (χ2v) is 24.3. The third-order valence-electron chi connectivity index (χ3n) is 14.1. The summed E-state index contributed by atoms with van der Waals surface area (Å²) in [5.74, 6) is -0.622. The fourth-order valence-electron chi connectivity index (χ4n) is 9.03. The van der Waals surface area contributed by atoms with Crippen molar-refractivity contribution >= 4 is 19.7 Å². The summed E-state index contributed by atoms with van der Waals surface area (Å²) in [4.78, 5) is 39.9. The number of nitrogens with zero attached hydrogens (tertiary/aromatic N) is 1. The zero-order valence-electron chi connectivity index (χ0n) is 51.6. The highest BCUT2D eigenvalue weighted by atomic mass is 31.2. The Morgan fingerprint density at radius 1 is 0.449 bits per heavy atom. The Hall–Kier alpha value is -2.81. The van der Waals surface area contributed by atoms with Crippen LogP contribution in [0.2, 0.25) is 0 Å². The zero-order chi connectivity index (χ0) is 57.2. The van der Waals surface area contributed by atoms with Crippen LogP contribution in [0, 0.1) is 0 Å². The minimum atomic E-state index is -4.71. The molecule has 3 unspecified atom stereocenters. The van der Waals surface area contributed by atoms with E-state index in [0.717, 1.165) is 77.0 Å². The number of esters is 1. The van der Waals surface area contributed by atoms with E-state index in [-0.39, 0.29) is 31.3 Å². The maximum atomic E-state index is 13.5. The van der Waals surface area contributed by atoms with Crippen LogP contribution in [0.1, 0.15) is 284 Å². The number of carbonyl (C=O) groups is 2. The van der Waals surface area contributed by atoms with Crippen LogP contribution in [0.3, 0.4) is 0 Å². The first-order valence-corrected chi connectivity index (χ1v) is 33.9. The summed E-state index contributed by atoms with van der Waals surface area (Å²) in [6.45, 7) is 6.76. The molecule has 0 saturated carbocycles. The molecule has 0 radical (unpaired) electrons. The first kappa shape index (κ1) is 75.2. The molecule has 10 heteroatoms. The summed E-state index contributed by atoms with van der Waals surface area (Å²) in [5, 5.41) is 2.98. The van der Waals surface area contributed by atoms with Gasteiger partial charge in [0.05, 0.1) is 33.8 Å². The number of likely N-dealkylation sites (N-methyl/N-ethyl adjacent to an activating group) is 1. The van der Waals surface area contributed by atoms with Gasteiger partial charge in [-0.05, 0) is 96.0 Å². The van der Waals surface area contributed by atoms with Crippen molar-refractivity contribution in [2.24, 2.45) is 0 Å². The van der Waals surface area contributed by atoms with E-state index in [1.165, 1.54) is 167 Å². The molecule has 0 rings (SSSR count). The number of phosphoric ester groups is 1. The minimum Gasteiger partial charge on any atom is -0.756 e. The number of nitrogens with one attached hydrogen (secondary N) is 1. The molecule has 78 heavy (non-hydrogen) atoms. The standard InChI is InChI=1S/C68H123N2O7P/c1-7-10-13-16-19-22-25-28-29-30-31-32-33-34-35-36-37-38-39-40-41-43-46-49-52-55-58-61-68(72)77-66(59-56-53-50-47-44-27-24-21-18-15-12-9-3)65(64-76-78(73,74)75-63-62-70(4,5)6)69-67(71)60-57-54-51-48-45-42-26-23-20-17-14-11-8-2/h19,22,28-29,31-32,34-35,42,45,51,54,56,59,65-66H,7-18,20-21,23-27,30,33,36-41,43-44,46-50,52-53,55,57-58,60-64H2,1-6H3,(H-,69,71,73,74)/b22-19-,29-28-,32-31-,35-34-,45-42-,54-51+,59-56-. The molecule has 1 amide bonds. The van der Waals surface area contributed by atoms with E-state index in [2.05, 4.69) is 92.9 Å². The SMILES string of the molecule is CCCCC/C=C\C/C=C\C/C=C\C/C=C\CCCCCCCCCCCCCC(=O)OC(/C=C\CCCCCCCCCCCC)C(COP(=O)([O-])OCC[N+](C)(C)C)NC(=O)CC/C=C/C/C=C\CCCCCCCC. The third-order valence-corrected chi connectivity index (χ3v) is 15.0. The molecule has 0 aliphatic rings. The molecule has 3 atom stereocenters. The van der Waals surface area contributed by atoms with Crippen molar-refractivity contribution in [2.45, 2.75) is 296 Å². The Balaban J connectivity index is 5.11. The van der Waals surface area contributed by atoms with Crippen molar-refractivity contribution in [3.05, 3.63) is 85.1 Å². The van der Waals surface area contributed by atoms with Gasteiger partial charge in [0, 0.05) is 12.8 Å². The first-order chi connectivity index (χ1) is 37.9. The van der Waals surface area contributed by atoms with E-state index < -0.39 is 26.6 Å². The molecule has 1 N–H and O–H groups in total. The van der Waals surface area contributed by atoms with Gasteiger partial charge in [-0.1, -0.05) is 260 Å². The van der Waals surface area contributed by atoms with E-state index in [0.29, 0.717) is 17.4 Å². The van der Waals surface area contributed by atoms with E-state index in [9.17, 15) is 19.0 Å². The van der Waals surface area contributed by atoms with Crippen molar-refractivity contribution in [3.63, 3.8) is 0 Å². The van der Waals surface area contributed by atoms with Gasteiger partial charge in [0.25, 0.3) is 7.82 Å². The molecular formula is C68H123N2O7P. The smallest absolute Gasteiger partial charge is 0.306 e. The number of phosphoric acid groups is 1. The Morgan fingerprint density at radius 2 is 0.795 bits per heavy atom. The van der Waals surface area contributed by atoms with Crippen molar-refractivity contribution in [2.75, 3.05) is 40.9 Å². The summed E-state index contributed by atoms with van der Waals surface area (Å²) >= 11 is 0. The monoisotopic (exact) mass is 1110 g/mol. The Morgan fingerprint density at radius 3 is 1.22 bits per heavy atom. The lowest BCUT2D eigenvalue weighted by atomic mass is 10.0. The van der Waals surface area contributed by atoms with Crippen molar-refractivity contribution in [1.82, 2.24) is 5.32 Å². The van der Waals surface area contributed by atoms with Gasteiger partial charge in [0.2, 0.25) is 5.91 Å². The number of unbranched alkanes of at least 4 members (excludes halogenated alkanes) is 30. The summed E-state index contributed by atoms with van der Waals surface area (Å²) in [6, 6.07) is -0.923. The van der Waals surface area contributed by atoms with Gasteiger partial charge in [-0.3, -0.25) is 14.2 Å². The Bertz CT molecular complexity index is 1610. The van der Waals surface area contributed by atoms with Gasteiger partial charge in [-0.2, -0.15) is 0 Å². The molecule has 0 bridgehead atoms. The Kier molecular flexibility index (Phi) is 55.4. The highest BCUT2D eigenvalue weighted by Crippen LogP contribution is 2.38. The highest BCUT2D eigenvalue weighted by Gasteiger charge is 2.27. The molecule has 0 spiro atoms.